The van der Waals surface area contributed by atoms with Gasteiger partial charge in [-0.3, -0.25) is 9.59 Å². The average Bonchev–Trinajstić information content (AvgIpc) is 2.74. The quantitative estimate of drug-likeness (QED) is 0.626. The van der Waals surface area contributed by atoms with Gasteiger partial charge in [-0.15, -0.1) is 0 Å². The summed E-state index contributed by atoms with van der Waals surface area (Å²) in [6.45, 7) is 0. The van der Waals surface area contributed by atoms with Gasteiger partial charge in [-0.2, -0.15) is 0 Å². The van der Waals surface area contributed by atoms with E-state index in [1.807, 2.05) is 0 Å². The summed E-state index contributed by atoms with van der Waals surface area (Å²) < 4.78 is 4.93. The minimum atomic E-state index is -0.749. The summed E-state index contributed by atoms with van der Waals surface area (Å²) in [5, 5.41) is 0. The molecule has 0 N–H and O–H groups in total. The smallest absolute Gasteiger partial charge is 0.173 e. The van der Waals surface area contributed by atoms with Gasteiger partial charge in [-0.1, -0.05) is 12.8 Å². The van der Waals surface area contributed by atoms with E-state index in [4.69, 9.17) is 4.74 Å². The molecule has 2 atom stereocenters. The molecule has 0 spiro atoms. The van der Waals surface area contributed by atoms with Crippen LogP contribution >= 0.6 is 0 Å². The van der Waals surface area contributed by atoms with Crippen molar-refractivity contribution in [3.63, 3.8) is 0 Å². The Labute approximate surface area is 83.8 Å². The van der Waals surface area contributed by atoms with Crippen LogP contribution in [0.15, 0.2) is 0 Å². The van der Waals surface area contributed by atoms with Crippen LogP contribution in [0.4, 0.5) is 0 Å². The molecule has 14 heavy (non-hydrogen) atoms. The van der Waals surface area contributed by atoms with Crippen molar-refractivity contribution in [2.45, 2.75) is 38.2 Å². The van der Waals surface area contributed by atoms with Crippen molar-refractivity contribution in [3.05, 3.63) is 0 Å². The van der Waals surface area contributed by atoms with Crippen molar-refractivity contribution in [3.8, 4) is 0 Å². The third kappa shape index (κ3) is 1.50. The fourth-order valence-electron chi connectivity index (χ4n) is 2.78. The van der Waals surface area contributed by atoms with Gasteiger partial charge in [0, 0.05) is 19.4 Å². The second-order valence-corrected chi connectivity index (χ2v) is 4.34. The lowest BCUT2D eigenvalue weighted by atomic mass is 9.89. The Hall–Kier alpha value is -0.700. The Morgan fingerprint density at radius 2 is 1.86 bits per heavy atom. The van der Waals surface area contributed by atoms with Crippen molar-refractivity contribution in [2.75, 3.05) is 7.11 Å². The van der Waals surface area contributed by atoms with Crippen molar-refractivity contribution in [1.29, 1.82) is 0 Å². The number of ether oxygens (including phenoxy) is 1. The molecule has 0 radical (unpaired) electrons. The molecule has 2 unspecified atom stereocenters. The first-order valence-electron chi connectivity index (χ1n) is 5.33. The predicted molar refractivity (Wildman–Crippen MR) is 50.9 cm³/mol. The molecule has 2 fully saturated rings. The highest BCUT2D eigenvalue weighted by atomic mass is 16.5. The largest absolute Gasteiger partial charge is 0.366 e. The summed E-state index contributed by atoms with van der Waals surface area (Å²) in [6, 6.07) is 0. The lowest BCUT2D eigenvalue weighted by Gasteiger charge is -2.15. The second kappa shape index (κ2) is 3.81. The number of hydrogen-bond acceptors (Lipinski definition) is 3. The Balaban J connectivity index is 2.07. The Bertz CT molecular complexity index is 253. The molecule has 2 rings (SSSR count). The van der Waals surface area contributed by atoms with Gasteiger partial charge in [0.1, 0.15) is 0 Å². The maximum absolute atomic E-state index is 11.8. The SMILES string of the molecule is COC1C(=O)CC(C2CCCC2)C1=O. The molecule has 0 heterocycles. The lowest BCUT2D eigenvalue weighted by molar-refractivity contribution is -0.135. The Morgan fingerprint density at radius 1 is 1.21 bits per heavy atom. The van der Waals surface area contributed by atoms with Crippen LogP contribution in [0.25, 0.3) is 0 Å². The molecule has 3 heteroatoms. The molecule has 0 bridgehead atoms. The van der Waals surface area contributed by atoms with Crippen molar-refractivity contribution in [2.24, 2.45) is 11.8 Å². The number of ketones is 2. The van der Waals surface area contributed by atoms with Gasteiger partial charge in [-0.25, -0.2) is 0 Å². The second-order valence-electron chi connectivity index (χ2n) is 4.34. The first-order valence-corrected chi connectivity index (χ1v) is 5.33. The molecule has 0 aromatic rings. The van der Waals surface area contributed by atoms with Crippen LogP contribution in [-0.4, -0.2) is 24.8 Å². The van der Waals surface area contributed by atoms with E-state index >= 15 is 0 Å². The fourth-order valence-corrected chi connectivity index (χ4v) is 2.78. The third-order valence-electron chi connectivity index (χ3n) is 3.54. The number of methoxy groups -OCH3 is 1. The number of carbonyl (C=O) groups excluding carboxylic acids is 2. The molecule has 2 aliphatic carbocycles. The normalized spacial score (nSPS) is 34.4. The van der Waals surface area contributed by atoms with Crippen LogP contribution in [0.3, 0.4) is 0 Å². The number of rotatable bonds is 2. The van der Waals surface area contributed by atoms with E-state index in [2.05, 4.69) is 0 Å². The van der Waals surface area contributed by atoms with E-state index < -0.39 is 6.10 Å². The molecule has 2 saturated carbocycles. The van der Waals surface area contributed by atoms with E-state index in [0.29, 0.717) is 12.3 Å². The number of Topliss-reactive ketones (excluding diaryl/α,β-unsaturated/α-hetero) is 2. The Kier molecular flexibility index (Phi) is 2.68. The molecule has 0 amide bonds. The highest BCUT2D eigenvalue weighted by Gasteiger charge is 2.45. The maximum Gasteiger partial charge on any atom is 0.173 e. The van der Waals surface area contributed by atoms with Crippen LogP contribution in [0.2, 0.25) is 0 Å². The van der Waals surface area contributed by atoms with E-state index in [1.54, 1.807) is 0 Å². The van der Waals surface area contributed by atoms with E-state index in [0.717, 1.165) is 12.8 Å². The van der Waals surface area contributed by atoms with Crippen LogP contribution in [0, 0.1) is 11.8 Å². The minimum absolute atomic E-state index is 0.0191. The summed E-state index contributed by atoms with van der Waals surface area (Å²) in [7, 11) is 1.44. The van der Waals surface area contributed by atoms with Gasteiger partial charge < -0.3 is 4.74 Å². The van der Waals surface area contributed by atoms with Crippen molar-refractivity contribution in [1.82, 2.24) is 0 Å². The predicted octanol–water partition coefficient (Wildman–Crippen LogP) is 1.35. The highest BCUT2D eigenvalue weighted by Crippen LogP contribution is 2.37. The molecular weight excluding hydrogens is 180 g/mol. The molecule has 0 aliphatic heterocycles. The molecule has 3 nitrogen and oxygen atoms in total. The molecule has 0 aromatic heterocycles. The molecule has 0 aromatic carbocycles. The summed E-state index contributed by atoms with van der Waals surface area (Å²) in [6.07, 6.45) is 4.31. The fraction of sp³-hybridized carbons (Fsp3) is 0.818. The lowest BCUT2D eigenvalue weighted by Crippen LogP contribution is -2.27. The molecule has 2 aliphatic rings. The van der Waals surface area contributed by atoms with Crippen LogP contribution in [0.5, 0.6) is 0 Å². The van der Waals surface area contributed by atoms with Gasteiger partial charge >= 0.3 is 0 Å². The standard InChI is InChI=1S/C11H16O3/c1-14-11-9(12)6-8(10(11)13)7-4-2-3-5-7/h7-8,11H,2-6H2,1H3. The monoisotopic (exact) mass is 196 g/mol. The number of hydrogen-bond donors (Lipinski definition) is 0. The van der Waals surface area contributed by atoms with Crippen molar-refractivity contribution >= 4 is 11.6 Å². The first kappa shape index (κ1) is 9.84. The molecule has 0 saturated heterocycles. The van der Waals surface area contributed by atoms with Gasteiger partial charge in [0.15, 0.2) is 17.7 Å². The zero-order valence-corrected chi connectivity index (χ0v) is 8.49. The zero-order chi connectivity index (χ0) is 10.1. The number of carbonyl (C=O) groups is 2. The van der Waals surface area contributed by atoms with Crippen LogP contribution in [0.1, 0.15) is 32.1 Å². The van der Waals surface area contributed by atoms with Gasteiger partial charge in [0.2, 0.25) is 0 Å². The topological polar surface area (TPSA) is 43.4 Å². The maximum atomic E-state index is 11.8. The third-order valence-corrected chi connectivity index (χ3v) is 3.54. The van der Waals surface area contributed by atoms with Gasteiger partial charge in [0.25, 0.3) is 0 Å². The van der Waals surface area contributed by atoms with Gasteiger partial charge in [-0.05, 0) is 18.8 Å². The zero-order valence-electron chi connectivity index (χ0n) is 8.49. The summed E-state index contributed by atoms with van der Waals surface area (Å²) in [4.78, 5) is 23.2. The Morgan fingerprint density at radius 3 is 2.36 bits per heavy atom. The summed E-state index contributed by atoms with van der Waals surface area (Å²) in [5.74, 6) is 0.431. The van der Waals surface area contributed by atoms with E-state index in [9.17, 15) is 9.59 Å². The first-order chi connectivity index (χ1) is 6.74. The van der Waals surface area contributed by atoms with Crippen molar-refractivity contribution < 1.29 is 14.3 Å². The minimum Gasteiger partial charge on any atom is -0.366 e. The summed E-state index contributed by atoms with van der Waals surface area (Å²) >= 11 is 0. The van der Waals surface area contributed by atoms with Gasteiger partial charge in [0.05, 0.1) is 0 Å². The van der Waals surface area contributed by atoms with E-state index in [1.165, 1.54) is 20.0 Å². The molecule has 78 valence electrons. The van der Waals surface area contributed by atoms with Crippen LogP contribution < -0.4 is 0 Å². The highest BCUT2D eigenvalue weighted by molar-refractivity contribution is 6.12. The van der Waals surface area contributed by atoms with Crippen LogP contribution in [-0.2, 0) is 14.3 Å². The average molecular weight is 196 g/mol. The molecular formula is C11H16O3. The summed E-state index contributed by atoms with van der Waals surface area (Å²) in [5.41, 5.74) is 0. The van der Waals surface area contributed by atoms with E-state index in [-0.39, 0.29) is 17.5 Å².